The predicted molar refractivity (Wildman–Crippen MR) is 100 cm³/mol. The minimum absolute atomic E-state index is 0.0230. The van der Waals surface area contributed by atoms with Gasteiger partial charge in [0, 0.05) is 6.54 Å². The topological polar surface area (TPSA) is 100 Å². The first kappa shape index (κ1) is 21.8. The van der Waals surface area contributed by atoms with E-state index in [9.17, 15) is 22.8 Å². The highest BCUT2D eigenvalue weighted by molar-refractivity contribution is 5.95. The Balaban J connectivity index is 1.51. The summed E-state index contributed by atoms with van der Waals surface area (Å²) in [4.78, 5) is 30.6. The van der Waals surface area contributed by atoms with Gasteiger partial charge in [-0.3, -0.25) is 14.5 Å². The Morgan fingerprint density at radius 2 is 2.07 bits per heavy atom. The van der Waals surface area contributed by atoms with Crippen molar-refractivity contribution in [1.29, 1.82) is 0 Å². The third kappa shape index (κ3) is 4.96. The predicted octanol–water partition coefficient (Wildman–Crippen LogP) is 2.12. The number of hydrogen-bond donors (Lipinski definition) is 2. The van der Waals surface area contributed by atoms with E-state index in [4.69, 9.17) is 4.52 Å². The summed E-state index contributed by atoms with van der Waals surface area (Å²) < 4.78 is 45.0. The second-order valence-electron chi connectivity index (χ2n) is 7.18. The molecule has 2 heterocycles. The number of carbonyl (C=O) groups excluding carboxylic acids is 2. The van der Waals surface area contributed by atoms with Crippen LogP contribution in [0.1, 0.15) is 37.4 Å². The van der Waals surface area contributed by atoms with Gasteiger partial charge >= 0.3 is 0 Å². The van der Waals surface area contributed by atoms with Crippen LogP contribution >= 0.6 is 0 Å². The lowest BCUT2D eigenvalue weighted by Gasteiger charge is -2.34. The van der Waals surface area contributed by atoms with Crippen LogP contribution < -0.4 is 10.6 Å². The molecule has 1 aliphatic rings. The van der Waals surface area contributed by atoms with Crippen LogP contribution in [0.4, 0.5) is 18.9 Å². The minimum atomic E-state index is -1.68. The Hall–Kier alpha value is -2.95. The summed E-state index contributed by atoms with van der Waals surface area (Å²) in [5.41, 5.74) is -0.505. The van der Waals surface area contributed by atoms with Gasteiger partial charge in [-0.15, -0.1) is 0 Å². The number of hydrogen-bond acceptors (Lipinski definition) is 6. The summed E-state index contributed by atoms with van der Waals surface area (Å²) in [6.45, 7) is 4.26. The molecule has 1 aromatic heterocycles. The zero-order chi connectivity index (χ0) is 21.8. The highest BCUT2D eigenvalue weighted by Gasteiger charge is 2.30. The summed E-state index contributed by atoms with van der Waals surface area (Å²) >= 11 is 0. The molecule has 1 fully saturated rings. The molecule has 30 heavy (non-hydrogen) atoms. The maximum absolute atomic E-state index is 13.6. The summed E-state index contributed by atoms with van der Waals surface area (Å²) in [6.07, 6.45) is 1.72. The quantitative estimate of drug-likeness (QED) is 0.688. The van der Waals surface area contributed by atoms with Crippen molar-refractivity contribution in [1.82, 2.24) is 20.4 Å². The van der Waals surface area contributed by atoms with E-state index in [0.717, 1.165) is 18.9 Å². The molecule has 162 valence electrons. The van der Waals surface area contributed by atoms with Crippen LogP contribution in [0.5, 0.6) is 0 Å². The van der Waals surface area contributed by atoms with Gasteiger partial charge in [-0.2, -0.15) is 4.98 Å². The standard InChI is InChI=1S/C19H22F3N5O3/c1-10(27-7-3-4-12(9-27)19-24-11(2)26-30-19)18(29)23-8-15(28)25-14-6-5-13(20)16(21)17(14)22/h5-6,10,12H,3-4,7-9H2,1-2H3,(H,23,29)(H,25,28)/t10-,12-/m0/s1. The molecule has 1 aliphatic heterocycles. The molecule has 2 atom stereocenters. The molecular formula is C19H22F3N5O3. The number of likely N-dealkylation sites (tertiary alicyclic amines) is 1. The van der Waals surface area contributed by atoms with Gasteiger partial charge in [-0.25, -0.2) is 13.2 Å². The Morgan fingerprint density at radius 1 is 1.30 bits per heavy atom. The van der Waals surface area contributed by atoms with Crippen LogP contribution in [0.2, 0.25) is 0 Å². The number of carbonyl (C=O) groups is 2. The number of aromatic nitrogens is 2. The van der Waals surface area contributed by atoms with Crippen LogP contribution in [0.15, 0.2) is 16.7 Å². The first-order chi connectivity index (χ1) is 14.3. The number of nitrogens with one attached hydrogen (secondary N) is 2. The van der Waals surface area contributed by atoms with Gasteiger partial charge in [-0.05, 0) is 45.4 Å². The van der Waals surface area contributed by atoms with Crippen LogP contribution in [0, 0.1) is 24.4 Å². The van der Waals surface area contributed by atoms with Crippen molar-refractivity contribution in [2.24, 2.45) is 0 Å². The number of halogens is 3. The molecule has 0 saturated carbocycles. The summed E-state index contributed by atoms with van der Waals surface area (Å²) in [7, 11) is 0. The van der Waals surface area contributed by atoms with Crippen LogP contribution in [0.3, 0.4) is 0 Å². The fraction of sp³-hybridized carbons (Fsp3) is 0.474. The van der Waals surface area contributed by atoms with Gasteiger partial charge < -0.3 is 15.2 Å². The zero-order valence-electron chi connectivity index (χ0n) is 16.5. The van der Waals surface area contributed by atoms with Crippen molar-refractivity contribution in [3.8, 4) is 0 Å². The van der Waals surface area contributed by atoms with E-state index in [2.05, 4.69) is 20.8 Å². The van der Waals surface area contributed by atoms with Crippen molar-refractivity contribution < 1.29 is 27.3 Å². The van der Waals surface area contributed by atoms with Gasteiger partial charge in [0.2, 0.25) is 17.7 Å². The third-order valence-electron chi connectivity index (χ3n) is 5.00. The lowest BCUT2D eigenvalue weighted by atomic mass is 9.96. The molecule has 1 saturated heterocycles. The molecule has 1 aromatic carbocycles. The van der Waals surface area contributed by atoms with E-state index in [0.29, 0.717) is 30.9 Å². The lowest BCUT2D eigenvalue weighted by molar-refractivity contribution is -0.128. The Labute approximate surface area is 170 Å². The number of nitrogens with zero attached hydrogens (tertiary/aromatic N) is 3. The summed E-state index contributed by atoms with van der Waals surface area (Å²) in [6, 6.07) is 1.08. The number of anilines is 1. The van der Waals surface area contributed by atoms with Crippen LogP contribution in [0.25, 0.3) is 0 Å². The number of amides is 2. The molecule has 0 bridgehead atoms. The van der Waals surface area contributed by atoms with Crippen LogP contribution in [-0.2, 0) is 9.59 Å². The monoisotopic (exact) mass is 425 g/mol. The fourth-order valence-corrected chi connectivity index (χ4v) is 3.34. The number of aryl methyl sites for hydroxylation is 1. The van der Waals surface area contributed by atoms with E-state index in [1.807, 2.05) is 4.90 Å². The Bertz CT molecular complexity index is 936. The third-order valence-corrected chi connectivity index (χ3v) is 5.00. The van der Waals surface area contributed by atoms with E-state index >= 15 is 0 Å². The highest BCUT2D eigenvalue weighted by atomic mass is 19.2. The van der Waals surface area contributed by atoms with Gasteiger partial charge in [0.1, 0.15) is 0 Å². The molecule has 2 N–H and O–H groups in total. The summed E-state index contributed by atoms with van der Waals surface area (Å²) in [5.74, 6) is -4.58. The van der Waals surface area contributed by atoms with Gasteiger partial charge in [-0.1, -0.05) is 5.16 Å². The number of rotatable bonds is 6. The molecule has 2 aromatic rings. The SMILES string of the molecule is Cc1noc([C@H]2CCCN([C@@H](C)C(=O)NCC(=O)Nc3ccc(F)c(F)c3F)C2)n1. The van der Waals surface area contributed by atoms with Crippen molar-refractivity contribution in [2.75, 3.05) is 25.0 Å². The van der Waals surface area contributed by atoms with Crippen molar-refractivity contribution in [2.45, 2.75) is 38.6 Å². The van der Waals surface area contributed by atoms with Crippen molar-refractivity contribution in [3.05, 3.63) is 41.3 Å². The summed E-state index contributed by atoms with van der Waals surface area (Å²) in [5, 5.41) is 8.37. The largest absolute Gasteiger partial charge is 0.346 e. The zero-order valence-corrected chi connectivity index (χ0v) is 16.5. The van der Waals surface area contributed by atoms with E-state index in [1.165, 1.54) is 0 Å². The normalized spacial score (nSPS) is 18.1. The molecule has 8 nitrogen and oxygen atoms in total. The van der Waals surface area contributed by atoms with Crippen molar-refractivity contribution >= 4 is 17.5 Å². The average molecular weight is 425 g/mol. The Morgan fingerprint density at radius 3 is 2.77 bits per heavy atom. The van der Waals surface area contributed by atoms with Gasteiger partial charge in [0.15, 0.2) is 23.3 Å². The maximum Gasteiger partial charge on any atom is 0.243 e. The lowest BCUT2D eigenvalue weighted by Crippen LogP contribution is -2.49. The molecule has 11 heteroatoms. The molecule has 0 unspecified atom stereocenters. The first-order valence-corrected chi connectivity index (χ1v) is 9.51. The van der Waals surface area contributed by atoms with Crippen LogP contribution in [-0.4, -0.2) is 52.5 Å². The minimum Gasteiger partial charge on any atom is -0.346 e. The smallest absolute Gasteiger partial charge is 0.243 e. The van der Waals surface area contributed by atoms with E-state index in [-0.39, 0.29) is 5.92 Å². The van der Waals surface area contributed by atoms with Gasteiger partial charge in [0.25, 0.3) is 0 Å². The van der Waals surface area contributed by atoms with Crippen molar-refractivity contribution in [3.63, 3.8) is 0 Å². The fourth-order valence-electron chi connectivity index (χ4n) is 3.34. The van der Waals surface area contributed by atoms with E-state index < -0.39 is 47.5 Å². The Kier molecular flexibility index (Phi) is 6.70. The highest BCUT2D eigenvalue weighted by Crippen LogP contribution is 2.26. The molecular weight excluding hydrogens is 403 g/mol. The number of piperidine rings is 1. The first-order valence-electron chi connectivity index (χ1n) is 9.51. The molecule has 0 spiro atoms. The maximum atomic E-state index is 13.6. The molecule has 3 rings (SSSR count). The number of benzene rings is 1. The second-order valence-corrected chi connectivity index (χ2v) is 7.18. The molecule has 0 aliphatic carbocycles. The molecule has 0 radical (unpaired) electrons. The second kappa shape index (κ2) is 9.24. The van der Waals surface area contributed by atoms with Gasteiger partial charge in [0.05, 0.1) is 24.2 Å². The average Bonchev–Trinajstić information content (AvgIpc) is 3.18. The van der Waals surface area contributed by atoms with E-state index in [1.54, 1.807) is 13.8 Å². The molecule has 2 amide bonds.